The van der Waals surface area contributed by atoms with E-state index in [1.165, 1.54) is 10.9 Å². The molecule has 0 aliphatic rings. The summed E-state index contributed by atoms with van der Waals surface area (Å²) < 4.78 is 1.41. The van der Waals surface area contributed by atoms with Crippen LogP contribution in [0.3, 0.4) is 0 Å². The fourth-order valence-corrected chi connectivity index (χ4v) is 2.47. The molecule has 6 heteroatoms. The third-order valence-electron chi connectivity index (χ3n) is 3.15. The van der Waals surface area contributed by atoms with Gasteiger partial charge in [-0.1, -0.05) is 37.0 Å². The number of halogens is 2. The van der Waals surface area contributed by atoms with Gasteiger partial charge in [0.1, 0.15) is 0 Å². The second kappa shape index (κ2) is 5.49. The van der Waals surface area contributed by atoms with Crippen LogP contribution in [-0.4, -0.2) is 21.3 Å². The third-order valence-corrected chi connectivity index (χ3v) is 3.77. The fraction of sp³-hybridized carbons (Fsp3) is 0.385. The van der Waals surface area contributed by atoms with Crippen molar-refractivity contribution in [1.29, 1.82) is 0 Å². The lowest BCUT2D eigenvalue weighted by atomic mass is 10.1. The highest BCUT2D eigenvalue weighted by molar-refractivity contribution is 6.39. The number of aromatic nitrogens is 2. The maximum absolute atomic E-state index is 12.5. The van der Waals surface area contributed by atoms with Gasteiger partial charge in [-0.2, -0.15) is 0 Å². The maximum Gasteiger partial charge on any atom is 0.263 e. The minimum Gasteiger partial charge on any atom is -0.394 e. The maximum atomic E-state index is 12.5. The van der Waals surface area contributed by atoms with Crippen LogP contribution in [0.4, 0.5) is 0 Å². The Bertz CT molecular complexity index is 667. The molecule has 0 fully saturated rings. The lowest BCUT2D eigenvalue weighted by molar-refractivity contribution is 0.189. The Morgan fingerprint density at radius 1 is 1.32 bits per heavy atom. The normalized spacial score (nSPS) is 13.2. The van der Waals surface area contributed by atoms with Crippen LogP contribution in [0.25, 0.3) is 10.9 Å². The highest BCUT2D eigenvalue weighted by Gasteiger charge is 2.19. The van der Waals surface area contributed by atoms with Crippen molar-refractivity contribution in [3.63, 3.8) is 0 Å². The molecule has 2 aromatic rings. The van der Waals surface area contributed by atoms with E-state index in [2.05, 4.69) is 4.98 Å². The van der Waals surface area contributed by atoms with E-state index in [1.807, 2.05) is 13.8 Å². The third kappa shape index (κ3) is 2.48. The van der Waals surface area contributed by atoms with Crippen molar-refractivity contribution in [3.8, 4) is 0 Å². The molecule has 0 radical (unpaired) electrons. The average Bonchev–Trinajstić information content (AvgIpc) is 2.36. The summed E-state index contributed by atoms with van der Waals surface area (Å²) in [5, 5.41) is 10.4. The number of fused-ring (bicyclic) bond motifs is 1. The van der Waals surface area contributed by atoms with E-state index in [-0.39, 0.29) is 29.5 Å². The van der Waals surface area contributed by atoms with Gasteiger partial charge < -0.3 is 5.11 Å². The summed E-state index contributed by atoms with van der Waals surface area (Å²) in [5.41, 5.74) is 0.0983. The molecule has 19 heavy (non-hydrogen) atoms. The van der Waals surface area contributed by atoms with E-state index >= 15 is 0 Å². The molecule has 2 rings (SSSR count). The van der Waals surface area contributed by atoms with Crippen LogP contribution < -0.4 is 5.56 Å². The van der Waals surface area contributed by atoms with Gasteiger partial charge in [0, 0.05) is 0 Å². The van der Waals surface area contributed by atoms with Crippen LogP contribution >= 0.6 is 23.2 Å². The molecular formula is C13H14Cl2N2O2. The molecule has 0 amide bonds. The Hall–Kier alpha value is -1.10. The van der Waals surface area contributed by atoms with E-state index < -0.39 is 0 Å². The van der Waals surface area contributed by atoms with Crippen LogP contribution in [0.1, 0.15) is 19.9 Å². The molecule has 1 atom stereocenters. The van der Waals surface area contributed by atoms with Crippen LogP contribution in [0.2, 0.25) is 10.0 Å². The zero-order chi connectivity index (χ0) is 14.2. The Morgan fingerprint density at radius 2 is 1.95 bits per heavy atom. The summed E-state index contributed by atoms with van der Waals surface area (Å²) in [4.78, 5) is 16.7. The van der Waals surface area contributed by atoms with E-state index in [1.54, 1.807) is 12.1 Å². The minimum atomic E-state index is -0.334. The van der Waals surface area contributed by atoms with Crippen molar-refractivity contribution in [2.75, 3.05) is 6.61 Å². The first-order chi connectivity index (χ1) is 8.97. The summed E-state index contributed by atoms with van der Waals surface area (Å²) >= 11 is 12.1. The zero-order valence-corrected chi connectivity index (χ0v) is 12.1. The molecule has 0 aliphatic carbocycles. The summed E-state index contributed by atoms with van der Waals surface area (Å²) in [6, 6.07) is 2.84. The smallest absolute Gasteiger partial charge is 0.263 e. The first-order valence-electron chi connectivity index (χ1n) is 5.93. The van der Waals surface area contributed by atoms with Crippen LogP contribution in [-0.2, 0) is 0 Å². The Kier molecular flexibility index (Phi) is 4.13. The predicted octanol–water partition coefficient (Wildman–Crippen LogP) is 2.89. The van der Waals surface area contributed by atoms with Gasteiger partial charge in [0.2, 0.25) is 0 Å². The SMILES string of the molecule is CC(C)C(CO)n1cnc2c(Cl)ccc(Cl)c2c1=O. The average molecular weight is 301 g/mol. The molecule has 0 aliphatic heterocycles. The van der Waals surface area contributed by atoms with Crippen LogP contribution in [0, 0.1) is 5.92 Å². The highest BCUT2D eigenvalue weighted by Crippen LogP contribution is 2.26. The number of rotatable bonds is 3. The molecule has 4 nitrogen and oxygen atoms in total. The molecule has 0 bridgehead atoms. The van der Waals surface area contributed by atoms with Crippen molar-refractivity contribution >= 4 is 34.1 Å². The summed E-state index contributed by atoms with van der Waals surface area (Å²) in [6.07, 6.45) is 1.41. The summed E-state index contributed by atoms with van der Waals surface area (Å²) in [5.74, 6) is 0.0971. The Morgan fingerprint density at radius 3 is 2.53 bits per heavy atom. The molecule has 1 aromatic carbocycles. The van der Waals surface area contributed by atoms with Gasteiger partial charge in [-0.05, 0) is 18.1 Å². The number of hydrogen-bond donors (Lipinski definition) is 1. The molecule has 0 saturated heterocycles. The van der Waals surface area contributed by atoms with Crippen molar-refractivity contribution < 1.29 is 5.11 Å². The lowest BCUT2D eigenvalue weighted by Crippen LogP contribution is -2.30. The van der Waals surface area contributed by atoms with Gasteiger partial charge in [-0.25, -0.2) is 4.98 Å². The van der Waals surface area contributed by atoms with Gasteiger partial charge in [0.05, 0.1) is 39.9 Å². The van der Waals surface area contributed by atoms with E-state index in [4.69, 9.17) is 23.2 Å². The van der Waals surface area contributed by atoms with Gasteiger partial charge in [-0.15, -0.1) is 0 Å². The second-order valence-electron chi connectivity index (χ2n) is 4.70. The van der Waals surface area contributed by atoms with E-state index in [9.17, 15) is 9.90 Å². The molecule has 0 spiro atoms. The van der Waals surface area contributed by atoms with Crippen molar-refractivity contribution in [2.24, 2.45) is 5.92 Å². The molecule has 1 heterocycles. The zero-order valence-electron chi connectivity index (χ0n) is 10.6. The number of aliphatic hydroxyl groups is 1. The predicted molar refractivity (Wildman–Crippen MR) is 77.0 cm³/mol. The number of benzene rings is 1. The van der Waals surface area contributed by atoms with Gasteiger partial charge >= 0.3 is 0 Å². The van der Waals surface area contributed by atoms with Crippen LogP contribution in [0.15, 0.2) is 23.3 Å². The molecule has 0 saturated carbocycles. The van der Waals surface area contributed by atoms with E-state index in [0.717, 1.165) is 0 Å². The van der Waals surface area contributed by atoms with Gasteiger partial charge in [0.25, 0.3) is 5.56 Å². The highest BCUT2D eigenvalue weighted by atomic mass is 35.5. The Balaban J connectivity index is 2.77. The first kappa shape index (κ1) is 14.3. The number of nitrogens with zero attached hydrogens (tertiary/aromatic N) is 2. The summed E-state index contributed by atoms with van der Waals surface area (Å²) in [6.45, 7) is 3.72. The van der Waals surface area contributed by atoms with Crippen molar-refractivity contribution in [3.05, 3.63) is 38.9 Å². The van der Waals surface area contributed by atoms with E-state index in [0.29, 0.717) is 15.6 Å². The molecule has 1 aromatic heterocycles. The monoisotopic (exact) mass is 300 g/mol. The lowest BCUT2D eigenvalue weighted by Gasteiger charge is -2.21. The van der Waals surface area contributed by atoms with Gasteiger partial charge in [0.15, 0.2) is 0 Å². The number of hydrogen-bond acceptors (Lipinski definition) is 3. The Labute approximate surface area is 120 Å². The largest absolute Gasteiger partial charge is 0.394 e. The number of aliphatic hydroxyl groups excluding tert-OH is 1. The molecule has 102 valence electrons. The topological polar surface area (TPSA) is 55.1 Å². The van der Waals surface area contributed by atoms with Gasteiger partial charge in [-0.3, -0.25) is 9.36 Å². The van der Waals surface area contributed by atoms with Crippen molar-refractivity contribution in [1.82, 2.24) is 9.55 Å². The molecule has 1 N–H and O–H groups in total. The standard InChI is InChI=1S/C13H14Cl2N2O2/c1-7(2)10(5-18)17-6-16-12-9(15)4-3-8(14)11(12)13(17)19/h3-4,6-7,10,18H,5H2,1-2H3. The molecule has 1 unspecified atom stereocenters. The quantitative estimate of drug-likeness (QED) is 0.948. The second-order valence-corrected chi connectivity index (χ2v) is 5.52. The fourth-order valence-electron chi connectivity index (χ4n) is 2.03. The van der Waals surface area contributed by atoms with Crippen molar-refractivity contribution in [2.45, 2.75) is 19.9 Å². The molecular weight excluding hydrogens is 287 g/mol. The first-order valence-corrected chi connectivity index (χ1v) is 6.68. The minimum absolute atomic E-state index is 0.0971. The summed E-state index contributed by atoms with van der Waals surface area (Å²) in [7, 11) is 0. The van der Waals surface area contributed by atoms with Crippen LogP contribution in [0.5, 0.6) is 0 Å².